The molecule has 0 aromatic carbocycles. The Balaban J connectivity index is 2.00. The number of hydrogen-bond donors (Lipinski definition) is 2. The SMILES string of the molecule is CNc1ncccc1CN1CCC(C(N)=O)C1. The van der Waals surface area contributed by atoms with Gasteiger partial charge in [-0.15, -0.1) is 0 Å². The van der Waals surface area contributed by atoms with Crippen molar-refractivity contribution in [2.75, 3.05) is 25.5 Å². The number of aromatic nitrogens is 1. The number of nitrogens with one attached hydrogen (secondary N) is 1. The van der Waals surface area contributed by atoms with Crippen LogP contribution in [0, 0.1) is 5.92 Å². The summed E-state index contributed by atoms with van der Waals surface area (Å²) < 4.78 is 0. The maximum Gasteiger partial charge on any atom is 0.221 e. The average molecular weight is 234 g/mol. The third-order valence-corrected chi connectivity index (χ3v) is 3.20. The topological polar surface area (TPSA) is 71.2 Å². The van der Waals surface area contributed by atoms with Crippen molar-refractivity contribution in [1.82, 2.24) is 9.88 Å². The van der Waals surface area contributed by atoms with Crippen LogP contribution in [0.3, 0.4) is 0 Å². The number of carbonyl (C=O) groups is 1. The molecule has 0 aliphatic carbocycles. The van der Waals surface area contributed by atoms with Crippen molar-refractivity contribution >= 4 is 11.7 Å². The van der Waals surface area contributed by atoms with Gasteiger partial charge in [-0.25, -0.2) is 4.98 Å². The van der Waals surface area contributed by atoms with Gasteiger partial charge in [-0.2, -0.15) is 0 Å². The number of amides is 1. The predicted octanol–water partition coefficient (Wildman–Crippen LogP) is 0.431. The first-order valence-corrected chi connectivity index (χ1v) is 5.84. The van der Waals surface area contributed by atoms with Crippen LogP contribution in [-0.4, -0.2) is 35.9 Å². The van der Waals surface area contributed by atoms with Crippen molar-refractivity contribution < 1.29 is 4.79 Å². The fourth-order valence-corrected chi connectivity index (χ4v) is 2.24. The molecule has 1 aliphatic heterocycles. The number of pyridine rings is 1. The molecule has 0 spiro atoms. The molecule has 3 N–H and O–H groups in total. The summed E-state index contributed by atoms with van der Waals surface area (Å²) in [7, 11) is 1.86. The molecule has 1 fully saturated rings. The molecule has 0 radical (unpaired) electrons. The summed E-state index contributed by atoms with van der Waals surface area (Å²) in [4.78, 5) is 17.6. The molecule has 1 saturated heterocycles. The van der Waals surface area contributed by atoms with Gasteiger partial charge in [-0.05, 0) is 19.0 Å². The first kappa shape index (κ1) is 11.9. The highest BCUT2D eigenvalue weighted by molar-refractivity contribution is 5.77. The third-order valence-electron chi connectivity index (χ3n) is 3.20. The number of anilines is 1. The van der Waals surface area contributed by atoms with Crippen molar-refractivity contribution in [2.24, 2.45) is 11.7 Å². The number of carbonyl (C=O) groups excluding carboxylic acids is 1. The van der Waals surface area contributed by atoms with E-state index < -0.39 is 0 Å². The lowest BCUT2D eigenvalue weighted by atomic mass is 10.1. The van der Waals surface area contributed by atoms with Crippen molar-refractivity contribution in [3.63, 3.8) is 0 Å². The molecule has 1 aromatic heterocycles. The second kappa shape index (κ2) is 5.14. The van der Waals surface area contributed by atoms with E-state index in [9.17, 15) is 4.79 Å². The van der Waals surface area contributed by atoms with Gasteiger partial charge >= 0.3 is 0 Å². The maximum absolute atomic E-state index is 11.1. The Morgan fingerprint density at radius 1 is 1.71 bits per heavy atom. The van der Waals surface area contributed by atoms with Crippen LogP contribution in [0.15, 0.2) is 18.3 Å². The lowest BCUT2D eigenvalue weighted by molar-refractivity contribution is -0.121. The van der Waals surface area contributed by atoms with Crippen LogP contribution in [0.25, 0.3) is 0 Å². The Labute approximate surface area is 101 Å². The Morgan fingerprint density at radius 3 is 3.18 bits per heavy atom. The van der Waals surface area contributed by atoms with Gasteiger partial charge in [0.25, 0.3) is 0 Å². The van der Waals surface area contributed by atoms with E-state index >= 15 is 0 Å². The van der Waals surface area contributed by atoms with Crippen molar-refractivity contribution in [2.45, 2.75) is 13.0 Å². The minimum absolute atomic E-state index is 0.00436. The molecule has 0 bridgehead atoms. The first-order valence-electron chi connectivity index (χ1n) is 5.84. The average Bonchev–Trinajstić information content (AvgIpc) is 2.78. The molecular weight excluding hydrogens is 216 g/mol. The molecule has 1 aromatic rings. The molecule has 17 heavy (non-hydrogen) atoms. The highest BCUT2D eigenvalue weighted by Crippen LogP contribution is 2.20. The predicted molar refractivity (Wildman–Crippen MR) is 66.4 cm³/mol. The summed E-state index contributed by atoms with van der Waals surface area (Å²) in [6.45, 7) is 2.49. The second-order valence-electron chi connectivity index (χ2n) is 4.38. The van der Waals surface area contributed by atoms with Gasteiger partial charge in [0.2, 0.25) is 5.91 Å². The molecule has 1 atom stereocenters. The largest absolute Gasteiger partial charge is 0.373 e. The monoisotopic (exact) mass is 234 g/mol. The number of primary amides is 1. The van der Waals surface area contributed by atoms with Crippen LogP contribution in [0.2, 0.25) is 0 Å². The Kier molecular flexibility index (Phi) is 3.58. The molecule has 1 amide bonds. The minimum atomic E-state index is -0.187. The summed E-state index contributed by atoms with van der Waals surface area (Å²) in [5.74, 6) is 0.715. The maximum atomic E-state index is 11.1. The third kappa shape index (κ3) is 2.74. The standard InChI is InChI=1S/C12H18N4O/c1-14-12-10(3-2-5-15-12)8-16-6-4-9(7-16)11(13)17/h2-3,5,9H,4,6-8H2,1H3,(H2,13,17)(H,14,15). The van der Waals surface area contributed by atoms with E-state index in [0.29, 0.717) is 0 Å². The number of nitrogens with two attached hydrogens (primary N) is 1. The summed E-state index contributed by atoms with van der Waals surface area (Å²) in [5.41, 5.74) is 6.47. The Bertz CT molecular complexity index is 407. The van der Waals surface area contributed by atoms with Gasteiger partial charge in [0.1, 0.15) is 5.82 Å². The van der Waals surface area contributed by atoms with E-state index in [0.717, 1.165) is 37.4 Å². The van der Waals surface area contributed by atoms with Gasteiger partial charge in [-0.3, -0.25) is 9.69 Å². The van der Waals surface area contributed by atoms with Crippen LogP contribution in [0.1, 0.15) is 12.0 Å². The highest BCUT2D eigenvalue weighted by Gasteiger charge is 2.26. The van der Waals surface area contributed by atoms with Gasteiger partial charge < -0.3 is 11.1 Å². The molecular formula is C12H18N4O. The van der Waals surface area contributed by atoms with E-state index in [-0.39, 0.29) is 11.8 Å². The first-order chi connectivity index (χ1) is 8.20. The number of likely N-dealkylation sites (tertiary alicyclic amines) is 1. The quantitative estimate of drug-likeness (QED) is 0.792. The van der Waals surface area contributed by atoms with E-state index in [1.54, 1.807) is 6.20 Å². The van der Waals surface area contributed by atoms with Gasteiger partial charge in [-0.1, -0.05) is 6.07 Å². The molecule has 2 rings (SSSR count). The number of rotatable bonds is 4. The summed E-state index contributed by atoms with van der Waals surface area (Å²) in [6, 6.07) is 3.98. The molecule has 0 saturated carbocycles. The molecule has 5 heteroatoms. The van der Waals surface area contributed by atoms with E-state index in [2.05, 4.69) is 21.3 Å². The summed E-state index contributed by atoms with van der Waals surface area (Å²) >= 11 is 0. The fraction of sp³-hybridized carbons (Fsp3) is 0.500. The summed E-state index contributed by atoms with van der Waals surface area (Å²) in [5, 5.41) is 3.07. The molecule has 1 unspecified atom stereocenters. The van der Waals surface area contributed by atoms with E-state index in [1.807, 2.05) is 13.1 Å². The number of hydrogen-bond acceptors (Lipinski definition) is 4. The van der Waals surface area contributed by atoms with Crippen LogP contribution in [0.4, 0.5) is 5.82 Å². The van der Waals surface area contributed by atoms with Crippen molar-refractivity contribution in [1.29, 1.82) is 0 Å². The zero-order valence-corrected chi connectivity index (χ0v) is 10.0. The molecule has 1 aliphatic rings. The van der Waals surface area contributed by atoms with Crippen LogP contribution >= 0.6 is 0 Å². The lowest BCUT2D eigenvalue weighted by Crippen LogP contribution is -2.27. The fourth-order valence-electron chi connectivity index (χ4n) is 2.24. The van der Waals surface area contributed by atoms with Crippen LogP contribution < -0.4 is 11.1 Å². The lowest BCUT2D eigenvalue weighted by Gasteiger charge is -2.17. The van der Waals surface area contributed by atoms with E-state index in [4.69, 9.17) is 5.73 Å². The second-order valence-corrected chi connectivity index (χ2v) is 4.38. The minimum Gasteiger partial charge on any atom is -0.373 e. The van der Waals surface area contributed by atoms with Gasteiger partial charge in [0.15, 0.2) is 0 Å². The molecule has 5 nitrogen and oxygen atoms in total. The zero-order chi connectivity index (χ0) is 12.3. The smallest absolute Gasteiger partial charge is 0.221 e. The summed E-state index contributed by atoms with van der Waals surface area (Å²) in [6.07, 6.45) is 2.63. The normalized spacial score (nSPS) is 20.4. The van der Waals surface area contributed by atoms with Crippen LogP contribution in [0.5, 0.6) is 0 Å². The number of nitrogens with zero attached hydrogens (tertiary/aromatic N) is 2. The molecule has 92 valence electrons. The Hall–Kier alpha value is -1.62. The van der Waals surface area contributed by atoms with E-state index in [1.165, 1.54) is 0 Å². The Morgan fingerprint density at radius 2 is 2.53 bits per heavy atom. The van der Waals surface area contributed by atoms with Gasteiger partial charge in [0, 0.05) is 31.9 Å². The molecule has 2 heterocycles. The van der Waals surface area contributed by atoms with Gasteiger partial charge in [0.05, 0.1) is 5.92 Å². The van der Waals surface area contributed by atoms with Crippen LogP contribution in [-0.2, 0) is 11.3 Å². The van der Waals surface area contributed by atoms with Crippen molar-refractivity contribution in [3.8, 4) is 0 Å². The zero-order valence-electron chi connectivity index (χ0n) is 10.0. The van der Waals surface area contributed by atoms with Crippen molar-refractivity contribution in [3.05, 3.63) is 23.9 Å². The highest BCUT2D eigenvalue weighted by atomic mass is 16.1.